The summed E-state index contributed by atoms with van der Waals surface area (Å²) in [7, 11) is 0. The highest BCUT2D eigenvalue weighted by atomic mass is 35.5. The van der Waals surface area contributed by atoms with E-state index in [4.69, 9.17) is 16.0 Å². The quantitative estimate of drug-likeness (QED) is 0.898. The number of aryl methyl sites for hydroxylation is 2. The average molecular weight is 356 g/mol. The molecule has 7 heteroatoms. The van der Waals surface area contributed by atoms with E-state index < -0.39 is 0 Å². The van der Waals surface area contributed by atoms with Crippen molar-refractivity contribution in [2.75, 3.05) is 19.6 Å². The van der Waals surface area contributed by atoms with E-state index in [1.54, 1.807) is 13.8 Å². The van der Waals surface area contributed by atoms with Crippen molar-refractivity contribution in [3.8, 4) is 0 Å². The molecular weight excluding hydrogens is 337 g/mol. The second-order valence-electron chi connectivity index (χ2n) is 5.42. The number of benzene rings is 1. The van der Waals surface area contributed by atoms with Crippen LogP contribution in [-0.4, -0.2) is 35.4 Å². The summed E-state index contributed by atoms with van der Waals surface area (Å²) >= 11 is 6.08. The number of piperazine rings is 1. The fourth-order valence-corrected chi connectivity index (χ4v) is 3.02. The van der Waals surface area contributed by atoms with E-state index in [0.29, 0.717) is 35.5 Å². The molecule has 1 saturated heterocycles. The van der Waals surface area contributed by atoms with E-state index >= 15 is 0 Å². The second-order valence-corrected chi connectivity index (χ2v) is 5.86. The van der Waals surface area contributed by atoms with Gasteiger partial charge in [0.2, 0.25) is 5.76 Å². The number of rotatable bonds is 2. The van der Waals surface area contributed by atoms with Crippen LogP contribution < -0.4 is 5.32 Å². The second kappa shape index (κ2) is 7.34. The van der Waals surface area contributed by atoms with E-state index in [-0.39, 0.29) is 24.4 Å². The molecule has 1 N–H and O–H groups in total. The molecule has 124 valence electrons. The molecule has 1 aromatic heterocycles. The Hall–Kier alpha value is -1.56. The molecule has 1 unspecified atom stereocenters. The Morgan fingerprint density at radius 2 is 2.22 bits per heavy atom. The lowest BCUT2D eigenvalue weighted by Gasteiger charge is -2.36. The van der Waals surface area contributed by atoms with E-state index in [1.165, 1.54) is 0 Å². The molecule has 1 aliphatic rings. The highest BCUT2D eigenvalue weighted by molar-refractivity contribution is 6.30. The molecule has 2 aromatic rings. The van der Waals surface area contributed by atoms with Crippen molar-refractivity contribution in [2.24, 2.45) is 0 Å². The number of amides is 1. The molecule has 1 fully saturated rings. The monoisotopic (exact) mass is 355 g/mol. The van der Waals surface area contributed by atoms with Gasteiger partial charge in [0, 0.05) is 31.6 Å². The molecule has 0 radical (unpaired) electrons. The van der Waals surface area contributed by atoms with Crippen LogP contribution in [0.5, 0.6) is 0 Å². The Balaban J connectivity index is 0.00000192. The van der Waals surface area contributed by atoms with Crippen LogP contribution in [0.4, 0.5) is 0 Å². The molecule has 1 aliphatic heterocycles. The van der Waals surface area contributed by atoms with Gasteiger partial charge in [-0.25, -0.2) is 4.98 Å². The molecular formula is C16H19Cl2N3O2. The summed E-state index contributed by atoms with van der Waals surface area (Å²) in [5.74, 6) is 0.714. The van der Waals surface area contributed by atoms with E-state index in [0.717, 1.165) is 12.1 Å². The van der Waals surface area contributed by atoms with Crippen molar-refractivity contribution in [3.63, 3.8) is 0 Å². The fraction of sp³-hybridized carbons (Fsp3) is 0.375. The predicted molar refractivity (Wildman–Crippen MR) is 91.3 cm³/mol. The number of oxazole rings is 1. The zero-order chi connectivity index (χ0) is 15.7. The Bertz CT molecular complexity index is 702. The van der Waals surface area contributed by atoms with Crippen molar-refractivity contribution in [3.05, 3.63) is 52.2 Å². The van der Waals surface area contributed by atoms with Crippen molar-refractivity contribution in [2.45, 2.75) is 19.9 Å². The van der Waals surface area contributed by atoms with Crippen LogP contribution in [0.1, 0.15) is 33.7 Å². The molecule has 1 atom stereocenters. The van der Waals surface area contributed by atoms with E-state index in [1.807, 2.05) is 29.2 Å². The van der Waals surface area contributed by atoms with Gasteiger partial charge in [-0.05, 0) is 24.6 Å². The molecule has 0 saturated carbocycles. The van der Waals surface area contributed by atoms with E-state index in [9.17, 15) is 4.79 Å². The van der Waals surface area contributed by atoms with Crippen LogP contribution in [-0.2, 0) is 0 Å². The van der Waals surface area contributed by atoms with Crippen molar-refractivity contribution in [1.82, 2.24) is 15.2 Å². The summed E-state index contributed by atoms with van der Waals surface area (Å²) < 4.78 is 5.49. The van der Waals surface area contributed by atoms with Gasteiger partial charge in [0.1, 0.15) is 0 Å². The highest BCUT2D eigenvalue weighted by Crippen LogP contribution is 2.27. The summed E-state index contributed by atoms with van der Waals surface area (Å²) in [4.78, 5) is 18.9. The number of aromatic nitrogens is 1. The van der Waals surface area contributed by atoms with Crippen LogP contribution in [0.25, 0.3) is 0 Å². The first kappa shape index (κ1) is 17.8. The molecule has 1 amide bonds. The van der Waals surface area contributed by atoms with Crippen molar-refractivity contribution in [1.29, 1.82) is 0 Å². The van der Waals surface area contributed by atoms with Gasteiger partial charge >= 0.3 is 0 Å². The lowest BCUT2D eigenvalue weighted by molar-refractivity contribution is 0.0599. The SMILES string of the molecule is Cc1nc(C)c(C(=O)N2CCNCC2c2cccc(Cl)c2)o1.Cl. The van der Waals surface area contributed by atoms with Gasteiger partial charge in [0.15, 0.2) is 5.89 Å². The number of halogens is 2. The van der Waals surface area contributed by atoms with Gasteiger partial charge in [-0.2, -0.15) is 0 Å². The van der Waals surface area contributed by atoms with Gasteiger partial charge in [0.25, 0.3) is 5.91 Å². The molecule has 23 heavy (non-hydrogen) atoms. The highest BCUT2D eigenvalue weighted by Gasteiger charge is 2.31. The Morgan fingerprint density at radius 1 is 1.43 bits per heavy atom. The van der Waals surface area contributed by atoms with Crippen LogP contribution in [0.3, 0.4) is 0 Å². The fourth-order valence-electron chi connectivity index (χ4n) is 2.82. The molecule has 1 aromatic carbocycles. The third-order valence-electron chi connectivity index (χ3n) is 3.84. The van der Waals surface area contributed by atoms with Crippen molar-refractivity contribution < 1.29 is 9.21 Å². The number of nitrogens with zero attached hydrogens (tertiary/aromatic N) is 2. The number of nitrogens with one attached hydrogen (secondary N) is 1. The van der Waals surface area contributed by atoms with Gasteiger partial charge in [-0.3, -0.25) is 4.79 Å². The van der Waals surface area contributed by atoms with Crippen LogP contribution in [0.2, 0.25) is 5.02 Å². The largest absolute Gasteiger partial charge is 0.436 e. The van der Waals surface area contributed by atoms with Crippen LogP contribution >= 0.6 is 24.0 Å². The summed E-state index contributed by atoms with van der Waals surface area (Å²) in [6.45, 7) is 5.61. The lowest BCUT2D eigenvalue weighted by Crippen LogP contribution is -2.48. The summed E-state index contributed by atoms with van der Waals surface area (Å²) in [6.07, 6.45) is 0. The van der Waals surface area contributed by atoms with Gasteiger partial charge < -0.3 is 14.6 Å². The summed E-state index contributed by atoms with van der Waals surface area (Å²) in [5, 5.41) is 3.99. The maximum absolute atomic E-state index is 12.8. The first-order chi connectivity index (χ1) is 10.6. The summed E-state index contributed by atoms with van der Waals surface area (Å²) in [6, 6.07) is 7.56. The number of carbonyl (C=O) groups excluding carboxylic acids is 1. The summed E-state index contributed by atoms with van der Waals surface area (Å²) in [5.41, 5.74) is 1.65. The average Bonchev–Trinajstić information content (AvgIpc) is 2.85. The first-order valence-corrected chi connectivity index (χ1v) is 7.65. The number of hydrogen-bond acceptors (Lipinski definition) is 4. The Morgan fingerprint density at radius 3 is 2.87 bits per heavy atom. The molecule has 0 bridgehead atoms. The zero-order valence-electron chi connectivity index (χ0n) is 13.0. The molecule has 0 spiro atoms. The third kappa shape index (κ3) is 3.68. The standard InChI is InChI=1S/C16H18ClN3O2.ClH/c1-10-15(22-11(2)19-10)16(21)20-7-6-18-9-14(20)12-4-3-5-13(17)8-12;/h3-5,8,14,18H,6-7,9H2,1-2H3;1H. The third-order valence-corrected chi connectivity index (χ3v) is 4.07. The minimum absolute atomic E-state index is 0. The van der Waals surface area contributed by atoms with E-state index in [2.05, 4.69) is 10.3 Å². The Labute approximate surface area is 146 Å². The molecule has 0 aliphatic carbocycles. The van der Waals surface area contributed by atoms with Crippen LogP contribution in [0, 0.1) is 13.8 Å². The molecule has 3 rings (SSSR count). The maximum atomic E-state index is 12.8. The van der Waals surface area contributed by atoms with Crippen LogP contribution in [0.15, 0.2) is 28.7 Å². The molecule has 2 heterocycles. The first-order valence-electron chi connectivity index (χ1n) is 7.27. The minimum Gasteiger partial charge on any atom is -0.436 e. The Kier molecular flexibility index (Phi) is 5.68. The maximum Gasteiger partial charge on any atom is 0.292 e. The molecule has 5 nitrogen and oxygen atoms in total. The number of hydrogen-bond donors (Lipinski definition) is 1. The van der Waals surface area contributed by atoms with Gasteiger partial charge in [-0.15, -0.1) is 12.4 Å². The van der Waals surface area contributed by atoms with Gasteiger partial charge in [-0.1, -0.05) is 23.7 Å². The topological polar surface area (TPSA) is 58.4 Å². The van der Waals surface area contributed by atoms with Gasteiger partial charge in [0.05, 0.1) is 11.7 Å². The number of carbonyl (C=O) groups is 1. The minimum atomic E-state index is -0.121. The predicted octanol–water partition coefficient (Wildman–Crippen LogP) is 3.15. The van der Waals surface area contributed by atoms with Crippen molar-refractivity contribution >= 4 is 29.9 Å². The zero-order valence-corrected chi connectivity index (χ0v) is 14.6. The normalized spacial score (nSPS) is 17.7. The smallest absolute Gasteiger partial charge is 0.292 e. The lowest BCUT2D eigenvalue weighted by atomic mass is 10.0.